The number of aliphatic carboxylic acids is 1. The van der Waals surface area contributed by atoms with Gasteiger partial charge in [-0.2, -0.15) is 0 Å². The zero-order valence-corrected chi connectivity index (χ0v) is 12.3. The van der Waals surface area contributed by atoms with Gasteiger partial charge in [-0.3, -0.25) is 9.59 Å². The average Bonchev–Trinajstić information content (AvgIpc) is 3.01. The van der Waals surface area contributed by atoms with Crippen LogP contribution in [0.5, 0.6) is 0 Å². The van der Waals surface area contributed by atoms with Crippen LogP contribution in [0.4, 0.5) is 8.78 Å². The second-order valence-corrected chi connectivity index (χ2v) is 5.51. The van der Waals surface area contributed by atoms with Crippen molar-refractivity contribution in [2.75, 3.05) is 6.54 Å². The first-order valence-corrected chi connectivity index (χ1v) is 7.34. The lowest BCUT2D eigenvalue weighted by molar-refractivity contribution is -0.137. The van der Waals surface area contributed by atoms with Crippen LogP contribution in [0.2, 0.25) is 0 Å². The average molecular weight is 325 g/mol. The van der Waals surface area contributed by atoms with Crippen LogP contribution in [0.15, 0.2) is 35.7 Å². The van der Waals surface area contributed by atoms with E-state index < -0.39 is 23.5 Å². The van der Waals surface area contributed by atoms with Crippen molar-refractivity contribution in [3.63, 3.8) is 0 Å². The summed E-state index contributed by atoms with van der Waals surface area (Å²) < 4.78 is 27.0. The number of thiophene rings is 1. The van der Waals surface area contributed by atoms with E-state index in [1.807, 2.05) is 0 Å². The van der Waals surface area contributed by atoms with Gasteiger partial charge in [0.1, 0.15) is 0 Å². The molecule has 0 bridgehead atoms. The number of carboxylic acid groups (broad SMARTS) is 1. The molecule has 22 heavy (non-hydrogen) atoms. The van der Waals surface area contributed by atoms with Gasteiger partial charge >= 0.3 is 5.97 Å². The fourth-order valence-electron chi connectivity index (χ4n) is 1.92. The molecule has 0 spiro atoms. The highest BCUT2D eigenvalue weighted by Crippen LogP contribution is 2.18. The summed E-state index contributed by atoms with van der Waals surface area (Å²) in [6, 6.07) is 6.99. The van der Waals surface area contributed by atoms with Gasteiger partial charge < -0.3 is 10.0 Å². The summed E-state index contributed by atoms with van der Waals surface area (Å²) in [5, 5.41) is 10.5. The quantitative estimate of drug-likeness (QED) is 0.887. The first-order chi connectivity index (χ1) is 10.5. The number of halogens is 2. The number of amides is 1. The molecular formula is C15H13F2NO3S. The Bertz CT molecular complexity index is 673. The molecule has 0 aliphatic rings. The molecule has 116 valence electrons. The Balaban J connectivity index is 2.22. The highest BCUT2D eigenvalue weighted by molar-refractivity contribution is 7.12. The van der Waals surface area contributed by atoms with Crippen LogP contribution in [0.1, 0.15) is 21.7 Å². The maximum atomic E-state index is 13.7. The number of hydrogen-bond donors (Lipinski definition) is 1. The Kier molecular flexibility index (Phi) is 5.21. The normalized spacial score (nSPS) is 10.5. The molecule has 1 aromatic carbocycles. The van der Waals surface area contributed by atoms with E-state index in [0.717, 1.165) is 6.07 Å². The van der Waals surface area contributed by atoms with Crippen LogP contribution in [0.3, 0.4) is 0 Å². The van der Waals surface area contributed by atoms with Crippen molar-refractivity contribution in [1.82, 2.24) is 4.90 Å². The molecule has 0 radical (unpaired) electrons. The summed E-state index contributed by atoms with van der Waals surface area (Å²) in [5.41, 5.74) is 0.00953. The molecule has 0 saturated carbocycles. The summed E-state index contributed by atoms with van der Waals surface area (Å²) in [5.74, 6) is -3.50. The van der Waals surface area contributed by atoms with Gasteiger partial charge in [0.05, 0.1) is 11.3 Å². The minimum Gasteiger partial charge on any atom is -0.481 e. The molecule has 0 aliphatic carbocycles. The lowest BCUT2D eigenvalue weighted by atomic mass is 10.2. The van der Waals surface area contributed by atoms with Crippen molar-refractivity contribution in [1.29, 1.82) is 0 Å². The van der Waals surface area contributed by atoms with Crippen molar-refractivity contribution in [3.05, 3.63) is 57.8 Å². The monoisotopic (exact) mass is 325 g/mol. The van der Waals surface area contributed by atoms with Crippen LogP contribution < -0.4 is 0 Å². The second kappa shape index (κ2) is 7.13. The number of benzene rings is 1. The van der Waals surface area contributed by atoms with Gasteiger partial charge in [0, 0.05) is 18.7 Å². The third-order valence-corrected chi connectivity index (χ3v) is 3.87. The first-order valence-electron chi connectivity index (χ1n) is 6.46. The minimum absolute atomic E-state index is 0.00953. The van der Waals surface area contributed by atoms with Gasteiger partial charge in [0.15, 0.2) is 11.6 Å². The van der Waals surface area contributed by atoms with Crippen molar-refractivity contribution in [2.45, 2.75) is 13.0 Å². The van der Waals surface area contributed by atoms with Crippen molar-refractivity contribution >= 4 is 23.2 Å². The number of carbonyl (C=O) groups is 2. The Hall–Kier alpha value is -2.28. The number of carboxylic acids is 1. The van der Waals surface area contributed by atoms with Gasteiger partial charge in [-0.15, -0.1) is 11.3 Å². The van der Waals surface area contributed by atoms with Gasteiger partial charge in [-0.1, -0.05) is 18.2 Å². The molecule has 1 aromatic heterocycles. The molecule has 0 unspecified atom stereocenters. The predicted molar refractivity (Wildman–Crippen MR) is 77.7 cm³/mol. The van der Waals surface area contributed by atoms with Crippen LogP contribution in [-0.4, -0.2) is 28.4 Å². The molecule has 4 nitrogen and oxygen atoms in total. The van der Waals surface area contributed by atoms with Crippen molar-refractivity contribution < 1.29 is 23.5 Å². The molecule has 0 saturated heterocycles. The lowest BCUT2D eigenvalue weighted by Crippen LogP contribution is -2.32. The zero-order chi connectivity index (χ0) is 16.1. The SMILES string of the molecule is O=C(O)CCN(Cc1cccc(F)c1F)C(=O)c1cccs1. The molecule has 1 amide bonds. The van der Waals surface area contributed by atoms with Crippen LogP contribution in [0.25, 0.3) is 0 Å². The fraction of sp³-hybridized carbons (Fsp3) is 0.200. The highest BCUT2D eigenvalue weighted by atomic mass is 32.1. The van der Waals surface area contributed by atoms with Gasteiger partial charge in [-0.05, 0) is 17.5 Å². The molecule has 2 aromatic rings. The molecule has 0 atom stereocenters. The first kappa shape index (κ1) is 16.1. The standard InChI is InChI=1S/C15H13F2NO3S/c16-11-4-1-3-10(14(11)17)9-18(7-6-13(19)20)15(21)12-5-2-8-22-12/h1-5,8H,6-7,9H2,(H,19,20). The molecule has 0 aliphatic heterocycles. The number of rotatable bonds is 6. The smallest absolute Gasteiger partial charge is 0.305 e. The Morgan fingerprint density at radius 2 is 1.95 bits per heavy atom. The van der Waals surface area contributed by atoms with E-state index in [-0.39, 0.29) is 25.1 Å². The molecule has 2 rings (SSSR count). The molecule has 7 heteroatoms. The maximum Gasteiger partial charge on any atom is 0.305 e. The van der Waals surface area contributed by atoms with E-state index in [1.165, 1.54) is 28.4 Å². The molecule has 0 fully saturated rings. The predicted octanol–water partition coefficient (Wildman–Crippen LogP) is 3.14. The van der Waals surface area contributed by atoms with Crippen molar-refractivity contribution in [3.8, 4) is 0 Å². The number of hydrogen-bond acceptors (Lipinski definition) is 3. The van der Waals surface area contributed by atoms with Gasteiger partial charge in [0.25, 0.3) is 5.91 Å². The van der Waals surface area contributed by atoms with E-state index >= 15 is 0 Å². The van der Waals surface area contributed by atoms with E-state index in [1.54, 1.807) is 17.5 Å². The van der Waals surface area contributed by atoms with E-state index in [4.69, 9.17) is 5.11 Å². The maximum absolute atomic E-state index is 13.7. The summed E-state index contributed by atoms with van der Waals surface area (Å²) in [7, 11) is 0. The largest absolute Gasteiger partial charge is 0.481 e. The number of carbonyl (C=O) groups excluding carboxylic acids is 1. The molecule has 1 heterocycles. The third-order valence-electron chi connectivity index (χ3n) is 3.01. The molecule has 1 N–H and O–H groups in total. The summed E-state index contributed by atoms with van der Waals surface area (Å²) in [6.07, 6.45) is -0.270. The second-order valence-electron chi connectivity index (χ2n) is 4.56. The Morgan fingerprint density at radius 3 is 2.59 bits per heavy atom. The van der Waals surface area contributed by atoms with E-state index in [9.17, 15) is 18.4 Å². The summed E-state index contributed by atoms with van der Waals surface area (Å²) >= 11 is 1.21. The lowest BCUT2D eigenvalue weighted by Gasteiger charge is -2.22. The van der Waals surface area contributed by atoms with E-state index in [2.05, 4.69) is 0 Å². The van der Waals surface area contributed by atoms with Crippen LogP contribution in [0, 0.1) is 11.6 Å². The summed E-state index contributed by atoms with van der Waals surface area (Å²) in [6.45, 7) is -0.268. The zero-order valence-electron chi connectivity index (χ0n) is 11.5. The van der Waals surface area contributed by atoms with Crippen molar-refractivity contribution in [2.24, 2.45) is 0 Å². The fourth-order valence-corrected chi connectivity index (χ4v) is 2.61. The van der Waals surface area contributed by atoms with Gasteiger partial charge in [-0.25, -0.2) is 8.78 Å². The van der Waals surface area contributed by atoms with Gasteiger partial charge in [0.2, 0.25) is 0 Å². The van der Waals surface area contributed by atoms with Crippen LogP contribution >= 0.6 is 11.3 Å². The summed E-state index contributed by atoms with van der Waals surface area (Å²) in [4.78, 5) is 24.7. The van der Waals surface area contributed by atoms with E-state index in [0.29, 0.717) is 4.88 Å². The number of nitrogens with zero attached hydrogens (tertiary/aromatic N) is 1. The molecular weight excluding hydrogens is 312 g/mol. The highest BCUT2D eigenvalue weighted by Gasteiger charge is 2.20. The Labute approximate surface area is 129 Å². The minimum atomic E-state index is -1.07. The third kappa shape index (κ3) is 3.88. The Morgan fingerprint density at radius 1 is 1.18 bits per heavy atom. The van der Waals surface area contributed by atoms with Crippen LogP contribution in [-0.2, 0) is 11.3 Å². The topological polar surface area (TPSA) is 57.6 Å².